The third-order valence-corrected chi connectivity index (χ3v) is 6.02. The number of carbonyl (C=O) groups excluding carboxylic acids is 2. The van der Waals surface area contributed by atoms with Gasteiger partial charge in [-0.1, -0.05) is 18.2 Å². The molecule has 32 heavy (non-hydrogen) atoms. The Bertz CT molecular complexity index is 1180. The van der Waals surface area contributed by atoms with E-state index in [0.717, 1.165) is 0 Å². The van der Waals surface area contributed by atoms with Gasteiger partial charge in [0.25, 0.3) is 0 Å². The van der Waals surface area contributed by atoms with Gasteiger partial charge in [0.2, 0.25) is 5.91 Å². The molecule has 2 aromatic carbocycles. The van der Waals surface area contributed by atoms with E-state index in [4.69, 9.17) is 14.6 Å². The van der Waals surface area contributed by atoms with E-state index in [1.165, 1.54) is 24.3 Å². The monoisotopic (exact) mass is 435 g/mol. The first-order valence-corrected chi connectivity index (χ1v) is 10.3. The predicted molar refractivity (Wildman–Crippen MR) is 112 cm³/mol. The molecule has 0 saturated carbocycles. The third-order valence-electron chi connectivity index (χ3n) is 6.02. The lowest BCUT2D eigenvalue weighted by molar-refractivity contribution is -0.120. The number of aromatic hydroxyl groups is 1. The highest BCUT2D eigenvalue weighted by atomic mass is 16.6. The molecule has 0 saturated heterocycles. The van der Waals surface area contributed by atoms with Gasteiger partial charge < -0.3 is 30.1 Å². The molecule has 2 aromatic rings. The fraction of sp³-hybridized carbons (Fsp3) is 0.250. The average Bonchev–Trinajstić information content (AvgIpc) is 3.04. The zero-order chi connectivity index (χ0) is 22.5. The summed E-state index contributed by atoms with van der Waals surface area (Å²) >= 11 is 0. The Kier molecular flexibility index (Phi) is 4.67. The van der Waals surface area contributed by atoms with Gasteiger partial charge in [0.1, 0.15) is 23.4 Å². The molecule has 4 N–H and O–H groups in total. The highest BCUT2D eigenvalue weighted by molar-refractivity contribution is 5.96. The summed E-state index contributed by atoms with van der Waals surface area (Å²) < 4.78 is 12.1. The molecule has 0 bridgehead atoms. The minimum atomic E-state index is -1.25. The standard InChI is InChI=1S/C24H21NO7/c26-8-7-25-22(29)10-13-1-4-16-19(9-13)24(32-23(16)30)17-5-2-14(27)11-20(17)31-21-12-15(28)3-6-18(21)24/h1-6,9,11-12,17,20,26-28H,7-8,10H2,(H,25,29). The second-order valence-corrected chi connectivity index (χ2v) is 7.99. The second-order valence-electron chi connectivity index (χ2n) is 7.99. The van der Waals surface area contributed by atoms with Crippen molar-refractivity contribution >= 4 is 11.9 Å². The van der Waals surface area contributed by atoms with Crippen molar-refractivity contribution in [3.05, 3.63) is 82.6 Å². The maximum absolute atomic E-state index is 12.9. The molecule has 0 fully saturated rings. The molecule has 2 aliphatic heterocycles. The average molecular weight is 435 g/mol. The molecule has 164 valence electrons. The Morgan fingerprint density at radius 1 is 1.12 bits per heavy atom. The van der Waals surface area contributed by atoms with E-state index >= 15 is 0 Å². The molecule has 2 heterocycles. The highest BCUT2D eigenvalue weighted by Gasteiger charge is 2.58. The van der Waals surface area contributed by atoms with Gasteiger partial charge in [-0.2, -0.15) is 0 Å². The van der Waals surface area contributed by atoms with Crippen molar-refractivity contribution in [2.75, 3.05) is 13.2 Å². The number of phenols is 1. The first-order valence-electron chi connectivity index (χ1n) is 10.3. The van der Waals surface area contributed by atoms with Crippen LogP contribution >= 0.6 is 0 Å². The molecule has 1 amide bonds. The zero-order valence-corrected chi connectivity index (χ0v) is 16.9. The van der Waals surface area contributed by atoms with Crippen LogP contribution in [0, 0.1) is 5.92 Å². The van der Waals surface area contributed by atoms with Crippen molar-refractivity contribution in [1.82, 2.24) is 5.32 Å². The first kappa shape index (κ1) is 20.1. The van der Waals surface area contributed by atoms with E-state index in [9.17, 15) is 19.8 Å². The summed E-state index contributed by atoms with van der Waals surface area (Å²) in [5, 5.41) is 31.6. The minimum absolute atomic E-state index is 0.00393. The SMILES string of the molecule is O=C(Cc1ccc2c(c1)C1(OC2=O)c2ccc(O)cc2OC2C=C(O)C=CC21)NCCO. The van der Waals surface area contributed by atoms with E-state index in [2.05, 4.69) is 5.32 Å². The van der Waals surface area contributed by atoms with Gasteiger partial charge in [-0.3, -0.25) is 4.79 Å². The number of amides is 1. The summed E-state index contributed by atoms with van der Waals surface area (Å²) in [7, 11) is 0. The van der Waals surface area contributed by atoms with Gasteiger partial charge in [0.05, 0.1) is 24.5 Å². The van der Waals surface area contributed by atoms with Crippen molar-refractivity contribution in [1.29, 1.82) is 0 Å². The van der Waals surface area contributed by atoms with E-state index in [0.29, 0.717) is 28.0 Å². The van der Waals surface area contributed by atoms with Crippen LogP contribution < -0.4 is 10.1 Å². The molecule has 3 unspecified atom stereocenters. The summed E-state index contributed by atoms with van der Waals surface area (Å²) in [6.45, 7) is 0.00860. The fourth-order valence-corrected chi connectivity index (χ4v) is 4.69. The number of fused-ring (bicyclic) bond motifs is 6. The Morgan fingerprint density at radius 2 is 1.97 bits per heavy atom. The van der Waals surface area contributed by atoms with Gasteiger partial charge in [0.15, 0.2) is 5.60 Å². The number of allylic oxidation sites excluding steroid dienone is 1. The first-order chi connectivity index (χ1) is 15.4. The molecule has 5 rings (SSSR count). The lowest BCUT2D eigenvalue weighted by Crippen LogP contribution is -2.48. The summed E-state index contributed by atoms with van der Waals surface area (Å²) in [6, 6.07) is 9.75. The van der Waals surface area contributed by atoms with E-state index < -0.39 is 23.6 Å². The van der Waals surface area contributed by atoms with Gasteiger partial charge in [-0.15, -0.1) is 0 Å². The number of phenolic OH excluding ortho intramolecular Hbond substituents is 1. The number of nitrogens with one attached hydrogen (secondary N) is 1. The molecule has 1 spiro atoms. The van der Waals surface area contributed by atoms with Gasteiger partial charge in [0, 0.05) is 23.7 Å². The topological polar surface area (TPSA) is 125 Å². The molecular formula is C24H21NO7. The Labute approximate surface area is 183 Å². The van der Waals surface area contributed by atoms with Gasteiger partial charge in [-0.05, 0) is 35.9 Å². The number of ether oxygens (including phenoxy) is 2. The number of benzene rings is 2. The van der Waals surface area contributed by atoms with Crippen LogP contribution in [-0.2, 0) is 21.6 Å². The fourth-order valence-electron chi connectivity index (χ4n) is 4.69. The number of esters is 1. The summed E-state index contributed by atoms with van der Waals surface area (Å²) in [4.78, 5) is 25.1. The lowest BCUT2D eigenvalue weighted by atomic mass is 9.70. The number of carbonyl (C=O) groups is 2. The van der Waals surface area contributed by atoms with Crippen molar-refractivity contribution < 1.29 is 34.4 Å². The van der Waals surface area contributed by atoms with Crippen LogP contribution in [0.3, 0.4) is 0 Å². The van der Waals surface area contributed by atoms with Crippen molar-refractivity contribution in [3.63, 3.8) is 0 Å². The van der Waals surface area contributed by atoms with Crippen molar-refractivity contribution in [3.8, 4) is 11.5 Å². The lowest BCUT2D eigenvalue weighted by Gasteiger charge is -2.44. The smallest absolute Gasteiger partial charge is 0.339 e. The zero-order valence-electron chi connectivity index (χ0n) is 16.9. The van der Waals surface area contributed by atoms with Crippen LogP contribution in [0.1, 0.15) is 27.0 Å². The van der Waals surface area contributed by atoms with Gasteiger partial charge >= 0.3 is 5.97 Å². The molecule has 3 aliphatic rings. The largest absolute Gasteiger partial charge is 0.508 e. The maximum Gasteiger partial charge on any atom is 0.339 e. The van der Waals surface area contributed by atoms with Crippen molar-refractivity contribution in [2.24, 2.45) is 5.92 Å². The number of hydrogen-bond donors (Lipinski definition) is 4. The summed E-state index contributed by atoms with van der Waals surface area (Å²) in [5.41, 5.74) is 0.989. The van der Waals surface area contributed by atoms with E-state index in [-0.39, 0.29) is 37.0 Å². The maximum atomic E-state index is 12.9. The van der Waals surface area contributed by atoms with Crippen LogP contribution in [-0.4, -0.2) is 46.5 Å². The van der Waals surface area contributed by atoms with Crippen LogP contribution in [0.2, 0.25) is 0 Å². The molecule has 1 aliphatic carbocycles. The number of aliphatic hydroxyl groups excluding tert-OH is 2. The normalized spacial score (nSPS) is 24.7. The van der Waals surface area contributed by atoms with Crippen LogP contribution in [0.15, 0.2) is 60.4 Å². The Hall–Kier alpha value is -3.78. The van der Waals surface area contributed by atoms with Crippen LogP contribution in [0.5, 0.6) is 11.5 Å². The summed E-state index contributed by atoms with van der Waals surface area (Å²) in [5.74, 6) is -0.849. The number of hydrogen-bond acceptors (Lipinski definition) is 7. The molecule has 3 atom stereocenters. The van der Waals surface area contributed by atoms with Crippen molar-refractivity contribution in [2.45, 2.75) is 18.1 Å². The van der Waals surface area contributed by atoms with Crippen LogP contribution in [0.4, 0.5) is 0 Å². The highest BCUT2D eigenvalue weighted by Crippen LogP contribution is 2.56. The third kappa shape index (κ3) is 3.03. The molecule has 0 radical (unpaired) electrons. The predicted octanol–water partition coefficient (Wildman–Crippen LogP) is 1.85. The second kappa shape index (κ2) is 7.42. The number of aliphatic hydroxyl groups is 2. The molecule has 8 heteroatoms. The van der Waals surface area contributed by atoms with Crippen LogP contribution in [0.25, 0.3) is 0 Å². The minimum Gasteiger partial charge on any atom is -0.508 e. The van der Waals surface area contributed by atoms with E-state index in [1.54, 1.807) is 30.3 Å². The molecular weight excluding hydrogens is 414 g/mol. The van der Waals surface area contributed by atoms with E-state index in [1.807, 2.05) is 0 Å². The van der Waals surface area contributed by atoms with Gasteiger partial charge in [-0.25, -0.2) is 4.79 Å². The molecule has 0 aromatic heterocycles. The quantitative estimate of drug-likeness (QED) is 0.540. The Balaban J connectivity index is 1.66. The number of rotatable bonds is 4. The Morgan fingerprint density at radius 3 is 2.78 bits per heavy atom. The summed E-state index contributed by atoms with van der Waals surface area (Å²) in [6.07, 6.45) is 4.26. The molecule has 8 nitrogen and oxygen atoms in total.